The van der Waals surface area contributed by atoms with Crippen molar-refractivity contribution in [3.05, 3.63) is 28.2 Å². The van der Waals surface area contributed by atoms with Crippen molar-refractivity contribution in [3.8, 4) is 11.8 Å². The summed E-state index contributed by atoms with van der Waals surface area (Å²) in [6.07, 6.45) is 5.83. The van der Waals surface area contributed by atoms with Gasteiger partial charge in [0.1, 0.15) is 5.75 Å². The summed E-state index contributed by atoms with van der Waals surface area (Å²) in [5.74, 6) is 2.26. The first-order valence-corrected chi connectivity index (χ1v) is 7.70. The lowest BCUT2D eigenvalue weighted by atomic mass is 9.70. The van der Waals surface area contributed by atoms with Gasteiger partial charge in [-0.05, 0) is 71.1 Å². The molecule has 2 aliphatic rings. The molecule has 3 heteroatoms. The highest BCUT2D eigenvalue weighted by molar-refractivity contribution is 9.10. The van der Waals surface area contributed by atoms with Crippen LogP contribution in [0.25, 0.3) is 0 Å². The van der Waals surface area contributed by atoms with Crippen LogP contribution in [-0.2, 0) is 6.42 Å². The molecule has 0 amide bonds. The number of ether oxygens (including phenoxy) is 1. The maximum atomic E-state index is 9.68. The van der Waals surface area contributed by atoms with E-state index in [9.17, 15) is 5.26 Å². The van der Waals surface area contributed by atoms with Gasteiger partial charge < -0.3 is 4.74 Å². The minimum absolute atomic E-state index is 0.114. The quantitative estimate of drug-likeness (QED) is 0.830. The second-order valence-corrected chi connectivity index (χ2v) is 6.85. The molecule has 1 aromatic carbocycles. The molecule has 0 aliphatic heterocycles. The summed E-state index contributed by atoms with van der Waals surface area (Å²) in [6, 6.07) is 8.84. The van der Waals surface area contributed by atoms with E-state index >= 15 is 0 Å². The third-order valence-corrected chi connectivity index (χ3v) is 5.55. The third-order valence-electron chi connectivity index (χ3n) is 4.93. The largest absolute Gasteiger partial charge is 0.496 e. The highest BCUT2D eigenvalue weighted by atomic mass is 79.9. The van der Waals surface area contributed by atoms with E-state index in [4.69, 9.17) is 4.74 Å². The topological polar surface area (TPSA) is 33.0 Å². The summed E-state index contributed by atoms with van der Waals surface area (Å²) in [5, 5.41) is 9.68. The highest BCUT2D eigenvalue weighted by Crippen LogP contribution is 2.57. The lowest BCUT2D eigenvalue weighted by Gasteiger charge is -2.31. The zero-order chi connectivity index (χ0) is 13.5. The van der Waals surface area contributed by atoms with Crippen LogP contribution in [0.3, 0.4) is 0 Å². The van der Waals surface area contributed by atoms with Crippen molar-refractivity contribution in [1.82, 2.24) is 0 Å². The van der Waals surface area contributed by atoms with Crippen molar-refractivity contribution in [2.24, 2.45) is 17.3 Å². The normalized spacial score (nSPS) is 32.3. The minimum Gasteiger partial charge on any atom is -0.496 e. The van der Waals surface area contributed by atoms with Gasteiger partial charge in [-0.1, -0.05) is 12.5 Å². The van der Waals surface area contributed by atoms with Crippen molar-refractivity contribution >= 4 is 15.9 Å². The SMILES string of the molecule is COc1ccc(CC2(C#N)CC3CCC2C3)cc1Br. The molecular formula is C16H18BrNO. The molecule has 2 nitrogen and oxygen atoms in total. The number of hydrogen-bond donors (Lipinski definition) is 0. The van der Waals surface area contributed by atoms with Crippen LogP contribution in [0, 0.1) is 28.6 Å². The van der Waals surface area contributed by atoms with Gasteiger partial charge in [0.15, 0.2) is 0 Å². The monoisotopic (exact) mass is 319 g/mol. The predicted octanol–water partition coefficient (Wildman–Crippen LogP) is 4.33. The van der Waals surface area contributed by atoms with Crippen LogP contribution >= 0.6 is 15.9 Å². The minimum atomic E-state index is -0.114. The van der Waals surface area contributed by atoms with E-state index in [2.05, 4.69) is 34.1 Å². The first kappa shape index (κ1) is 13.0. The molecule has 0 radical (unpaired) electrons. The number of methoxy groups -OCH3 is 1. The van der Waals surface area contributed by atoms with Crippen LogP contribution in [0.5, 0.6) is 5.75 Å². The Balaban J connectivity index is 1.84. The lowest BCUT2D eigenvalue weighted by molar-refractivity contribution is 0.239. The highest BCUT2D eigenvalue weighted by Gasteiger charge is 2.51. The molecule has 3 atom stereocenters. The Kier molecular flexibility index (Phi) is 3.30. The molecule has 2 aliphatic carbocycles. The van der Waals surface area contributed by atoms with Crippen molar-refractivity contribution in [3.63, 3.8) is 0 Å². The van der Waals surface area contributed by atoms with Gasteiger partial charge in [0.05, 0.1) is 23.1 Å². The van der Waals surface area contributed by atoms with Gasteiger partial charge in [-0.25, -0.2) is 0 Å². The van der Waals surface area contributed by atoms with E-state index in [0.717, 1.165) is 29.0 Å². The molecule has 0 spiro atoms. The Morgan fingerprint density at radius 1 is 1.47 bits per heavy atom. The Hall–Kier alpha value is -1.01. The van der Waals surface area contributed by atoms with Gasteiger partial charge >= 0.3 is 0 Å². The van der Waals surface area contributed by atoms with E-state index in [0.29, 0.717) is 5.92 Å². The number of nitrogens with zero attached hydrogens (tertiary/aromatic N) is 1. The number of rotatable bonds is 3. The van der Waals surface area contributed by atoms with E-state index in [-0.39, 0.29) is 5.41 Å². The molecule has 1 aromatic rings. The van der Waals surface area contributed by atoms with E-state index < -0.39 is 0 Å². The van der Waals surface area contributed by atoms with Gasteiger partial charge in [-0.3, -0.25) is 0 Å². The zero-order valence-corrected chi connectivity index (χ0v) is 12.7. The summed E-state index contributed by atoms with van der Waals surface area (Å²) >= 11 is 3.53. The average molecular weight is 320 g/mol. The van der Waals surface area contributed by atoms with Crippen LogP contribution in [0.4, 0.5) is 0 Å². The number of fused-ring (bicyclic) bond motifs is 2. The fourth-order valence-corrected chi connectivity index (χ4v) is 4.61. The molecular weight excluding hydrogens is 302 g/mol. The molecule has 0 aromatic heterocycles. The second kappa shape index (κ2) is 4.83. The molecule has 0 N–H and O–H groups in total. The van der Waals surface area contributed by atoms with Crippen molar-refractivity contribution in [1.29, 1.82) is 5.26 Å². The maximum Gasteiger partial charge on any atom is 0.133 e. The fraction of sp³-hybridized carbons (Fsp3) is 0.562. The molecule has 0 heterocycles. The van der Waals surface area contributed by atoms with Crippen LogP contribution in [-0.4, -0.2) is 7.11 Å². The van der Waals surface area contributed by atoms with Crippen LogP contribution in [0.2, 0.25) is 0 Å². The van der Waals surface area contributed by atoms with Gasteiger partial charge in [0.2, 0.25) is 0 Å². The van der Waals surface area contributed by atoms with Gasteiger partial charge in [0, 0.05) is 0 Å². The van der Waals surface area contributed by atoms with E-state index in [1.165, 1.54) is 24.8 Å². The molecule has 19 heavy (non-hydrogen) atoms. The Bertz CT molecular complexity index is 536. The summed E-state index contributed by atoms with van der Waals surface area (Å²) in [6.45, 7) is 0. The predicted molar refractivity (Wildman–Crippen MR) is 77.9 cm³/mol. The van der Waals surface area contributed by atoms with Gasteiger partial charge in [-0.2, -0.15) is 5.26 Å². The summed E-state index contributed by atoms with van der Waals surface area (Å²) in [5.41, 5.74) is 1.12. The Labute approximate surface area is 122 Å². The first-order chi connectivity index (χ1) is 9.16. The maximum absolute atomic E-state index is 9.68. The molecule has 2 saturated carbocycles. The third kappa shape index (κ3) is 2.17. The average Bonchev–Trinajstić information content (AvgIpc) is 3.00. The van der Waals surface area contributed by atoms with Gasteiger partial charge in [0.25, 0.3) is 0 Å². The summed E-state index contributed by atoms with van der Waals surface area (Å²) in [4.78, 5) is 0. The smallest absolute Gasteiger partial charge is 0.133 e. The van der Waals surface area contributed by atoms with Gasteiger partial charge in [-0.15, -0.1) is 0 Å². The molecule has 3 unspecified atom stereocenters. The number of hydrogen-bond acceptors (Lipinski definition) is 2. The van der Waals surface area contributed by atoms with Crippen LogP contribution in [0.15, 0.2) is 22.7 Å². The van der Waals surface area contributed by atoms with Crippen LogP contribution < -0.4 is 4.74 Å². The summed E-state index contributed by atoms with van der Waals surface area (Å²) < 4.78 is 6.23. The van der Waals surface area contributed by atoms with Crippen molar-refractivity contribution in [2.45, 2.75) is 32.1 Å². The number of halogens is 1. The van der Waals surface area contributed by atoms with Crippen molar-refractivity contribution in [2.75, 3.05) is 7.11 Å². The number of nitriles is 1. The van der Waals surface area contributed by atoms with Crippen molar-refractivity contribution < 1.29 is 4.74 Å². The standard InChI is InChI=1S/C16H18BrNO/c1-19-15-5-3-12(7-14(15)17)9-16(10-18)8-11-2-4-13(16)6-11/h3,5,7,11,13H,2,4,6,8-9H2,1H3. The molecule has 2 bridgehead atoms. The Morgan fingerprint density at radius 3 is 2.84 bits per heavy atom. The van der Waals surface area contributed by atoms with E-state index in [1.54, 1.807) is 7.11 Å². The first-order valence-electron chi connectivity index (χ1n) is 6.90. The molecule has 0 saturated heterocycles. The van der Waals surface area contributed by atoms with E-state index in [1.807, 2.05) is 6.07 Å². The zero-order valence-electron chi connectivity index (χ0n) is 11.2. The second-order valence-electron chi connectivity index (χ2n) is 5.99. The molecule has 3 rings (SSSR count). The van der Waals surface area contributed by atoms with Crippen LogP contribution in [0.1, 0.15) is 31.2 Å². The number of benzene rings is 1. The molecule has 100 valence electrons. The fourth-order valence-electron chi connectivity index (χ4n) is 4.02. The lowest BCUT2D eigenvalue weighted by Crippen LogP contribution is -2.28. The Morgan fingerprint density at radius 2 is 2.32 bits per heavy atom. The summed E-state index contributed by atoms with van der Waals surface area (Å²) in [7, 11) is 1.67. The molecule has 2 fully saturated rings.